The summed E-state index contributed by atoms with van der Waals surface area (Å²) in [5.41, 5.74) is -1.89. The fourth-order valence-electron chi connectivity index (χ4n) is 4.04. The Kier molecular flexibility index (Phi) is 7.89. The lowest BCUT2D eigenvalue weighted by Crippen LogP contribution is -2.17. The van der Waals surface area contributed by atoms with Gasteiger partial charge < -0.3 is 10.1 Å². The number of aldehydes is 1. The molecule has 1 N–H and O–H groups in total. The van der Waals surface area contributed by atoms with Gasteiger partial charge >= 0.3 is 6.18 Å². The van der Waals surface area contributed by atoms with E-state index < -0.39 is 40.6 Å². The van der Waals surface area contributed by atoms with Crippen molar-refractivity contribution in [2.24, 2.45) is 7.05 Å². The van der Waals surface area contributed by atoms with Crippen LogP contribution in [0.25, 0.3) is 10.9 Å². The lowest BCUT2D eigenvalue weighted by Gasteiger charge is -2.15. The molecule has 1 aromatic heterocycles. The van der Waals surface area contributed by atoms with Crippen LogP contribution in [0.15, 0.2) is 46.9 Å². The van der Waals surface area contributed by atoms with Gasteiger partial charge in [0.15, 0.2) is 5.78 Å². The van der Waals surface area contributed by atoms with Crippen molar-refractivity contribution < 1.29 is 36.3 Å². The largest absolute Gasteiger partial charge is 0.416 e. The fourth-order valence-corrected chi connectivity index (χ4v) is 4.93. The van der Waals surface area contributed by atoms with Crippen LogP contribution in [0.3, 0.4) is 0 Å². The first kappa shape index (κ1) is 28.4. The van der Waals surface area contributed by atoms with Crippen molar-refractivity contribution in [1.82, 2.24) is 9.78 Å². The van der Waals surface area contributed by atoms with Gasteiger partial charge in [0.25, 0.3) is 5.91 Å². The maximum absolute atomic E-state index is 14.0. The fraction of sp³-hybridized carbons (Fsp3) is 0.154. The summed E-state index contributed by atoms with van der Waals surface area (Å²) < 4.78 is 69.2. The van der Waals surface area contributed by atoms with E-state index in [9.17, 15) is 36.3 Å². The van der Waals surface area contributed by atoms with Gasteiger partial charge in [0.2, 0.25) is 0 Å². The third-order valence-electron chi connectivity index (χ3n) is 5.83. The molecule has 6 nitrogen and oxygen atoms in total. The Morgan fingerprint density at radius 2 is 1.82 bits per heavy atom. The number of anilines is 1. The molecule has 0 aliphatic rings. The summed E-state index contributed by atoms with van der Waals surface area (Å²) in [6, 6.07) is 5.78. The summed E-state index contributed by atoms with van der Waals surface area (Å²) in [6.07, 6.45) is -3.84. The van der Waals surface area contributed by atoms with Crippen molar-refractivity contribution in [3.05, 3.63) is 91.5 Å². The highest BCUT2D eigenvalue weighted by molar-refractivity contribution is 9.10. The molecule has 0 fully saturated rings. The van der Waals surface area contributed by atoms with E-state index in [-0.39, 0.29) is 50.7 Å². The molecule has 0 spiro atoms. The van der Waals surface area contributed by atoms with E-state index in [1.165, 1.54) is 16.8 Å². The van der Waals surface area contributed by atoms with Crippen LogP contribution < -0.4 is 5.32 Å². The molecule has 4 aromatic rings. The minimum atomic E-state index is -4.92. The highest BCUT2D eigenvalue weighted by atomic mass is 79.9. The molecule has 3 aromatic carbocycles. The van der Waals surface area contributed by atoms with E-state index in [1.54, 1.807) is 7.05 Å². The number of rotatable bonds is 7. The number of fused-ring (bicyclic) bond motifs is 1. The Hall–Kier alpha value is -3.64. The monoisotopic (exact) mass is 627 g/mol. The molecular weight excluding hydrogens is 613 g/mol. The second-order valence-corrected chi connectivity index (χ2v) is 9.62. The van der Waals surface area contributed by atoms with Gasteiger partial charge in [0.1, 0.15) is 23.4 Å². The Bertz CT molecular complexity index is 1650. The third-order valence-corrected chi connectivity index (χ3v) is 6.93. The molecule has 13 heteroatoms. The quantitative estimate of drug-likeness (QED) is 0.137. The molecule has 1 heterocycles. The van der Waals surface area contributed by atoms with Crippen LogP contribution in [0.1, 0.15) is 44.0 Å². The van der Waals surface area contributed by atoms with Gasteiger partial charge in [0, 0.05) is 35.7 Å². The molecule has 0 unspecified atom stereocenters. The lowest BCUT2D eigenvalue weighted by molar-refractivity contribution is -0.137. The van der Waals surface area contributed by atoms with E-state index >= 15 is 0 Å². The minimum Gasteiger partial charge on any atom is -0.321 e. The first-order valence-electron chi connectivity index (χ1n) is 11.1. The van der Waals surface area contributed by atoms with Crippen LogP contribution in [0, 0.1) is 11.6 Å². The van der Waals surface area contributed by atoms with Crippen LogP contribution in [0.5, 0.6) is 0 Å². The van der Waals surface area contributed by atoms with Gasteiger partial charge in [0.05, 0.1) is 26.3 Å². The zero-order chi connectivity index (χ0) is 28.6. The normalized spacial score (nSPS) is 11.6. The summed E-state index contributed by atoms with van der Waals surface area (Å²) in [5, 5.41) is 7.07. The molecule has 39 heavy (non-hydrogen) atoms. The maximum atomic E-state index is 14.0. The van der Waals surface area contributed by atoms with Crippen LogP contribution >= 0.6 is 27.5 Å². The first-order chi connectivity index (χ1) is 18.3. The van der Waals surface area contributed by atoms with Crippen LogP contribution in [0.2, 0.25) is 5.02 Å². The van der Waals surface area contributed by atoms with Crippen molar-refractivity contribution in [1.29, 1.82) is 0 Å². The molecule has 0 aliphatic heterocycles. The second-order valence-electron chi connectivity index (χ2n) is 8.42. The number of hydrogen-bond acceptors (Lipinski definition) is 4. The number of halogens is 7. The molecule has 4 rings (SSSR count). The zero-order valence-corrected chi connectivity index (χ0v) is 22.1. The summed E-state index contributed by atoms with van der Waals surface area (Å²) in [5.74, 6) is -4.04. The Balaban J connectivity index is 1.92. The molecule has 0 saturated carbocycles. The molecule has 0 atom stereocenters. The topological polar surface area (TPSA) is 81.1 Å². The second kappa shape index (κ2) is 10.9. The molecule has 0 aliphatic carbocycles. The number of aromatic nitrogens is 2. The van der Waals surface area contributed by atoms with Crippen molar-refractivity contribution in [3.63, 3.8) is 0 Å². The average molecular weight is 629 g/mol. The van der Waals surface area contributed by atoms with Crippen molar-refractivity contribution in [2.45, 2.75) is 19.0 Å². The average Bonchev–Trinajstić information content (AvgIpc) is 3.18. The smallest absolute Gasteiger partial charge is 0.321 e. The predicted molar refractivity (Wildman–Crippen MR) is 137 cm³/mol. The number of carbonyl (C=O) groups is 3. The Morgan fingerprint density at radius 3 is 2.49 bits per heavy atom. The number of carbonyl (C=O) groups excluding carboxylic acids is 3. The lowest BCUT2D eigenvalue weighted by atomic mass is 9.98. The third kappa shape index (κ3) is 5.71. The number of ketones is 1. The number of amides is 1. The number of nitrogens with one attached hydrogen (secondary N) is 1. The summed E-state index contributed by atoms with van der Waals surface area (Å²) in [4.78, 5) is 37.6. The Labute approximate surface area is 230 Å². The summed E-state index contributed by atoms with van der Waals surface area (Å²) in [6.45, 7) is 0. The predicted octanol–water partition coefficient (Wildman–Crippen LogP) is 6.90. The first-order valence-corrected chi connectivity index (χ1v) is 12.3. The number of hydrogen-bond donors (Lipinski definition) is 1. The number of aryl methyl sites for hydroxylation is 2. The zero-order valence-electron chi connectivity index (χ0n) is 19.8. The molecular formula is C26H16BrClF5N3O3. The summed E-state index contributed by atoms with van der Waals surface area (Å²) in [7, 11) is 1.60. The molecule has 1 amide bonds. The Morgan fingerprint density at radius 1 is 1.10 bits per heavy atom. The van der Waals surface area contributed by atoms with Crippen molar-refractivity contribution in [3.8, 4) is 0 Å². The van der Waals surface area contributed by atoms with Crippen LogP contribution in [-0.2, 0) is 24.4 Å². The highest BCUT2D eigenvalue weighted by Gasteiger charge is 2.32. The van der Waals surface area contributed by atoms with E-state index in [0.29, 0.717) is 29.5 Å². The van der Waals surface area contributed by atoms with E-state index in [2.05, 4.69) is 26.3 Å². The number of nitrogens with zero attached hydrogens (tertiary/aromatic N) is 2. The number of benzene rings is 3. The van der Waals surface area contributed by atoms with Gasteiger partial charge in [-0.3, -0.25) is 14.3 Å². The van der Waals surface area contributed by atoms with Crippen LogP contribution in [0.4, 0.5) is 27.6 Å². The summed E-state index contributed by atoms with van der Waals surface area (Å²) >= 11 is 9.46. The van der Waals surface area contributed by atoms with Crippen molar-refractivity contribution in [2.75, 3.05) is 5.32 Å². The van der Waals surface area contributed by atoms with Gasteiger partial charge in [-0.1, -0.05) is 11.6 Å². The van der Waals surface area contributed by atoms with Crippen molar-refractivity contribution >= 4 is 62.1 Å². The molecule has 0 radical (unpaired) electrons. The van der Waals surface area contributed by atoms with Gasteiger partial charge in [-0.15, -0.1) is 0 Å². The minimum absolute atomic E-state index is 0.0730. The van der Waals surface area contributed by atoms with E-state index in [0.717, 1.165) is 12.1 Å². The van der Waals surface area contributed by atoms with E-state index in [4.69, 9.17) is 11.6 Å². The molecule has 0 bridgehead atoms. The number of alkyl halides is 3. The SMILES string of the molecule is Cn1nc2c(Br)c(C(=O)c3cc(F)ccc3Cl)c(NC(=O)c3cc(F)cc(C(F)(F)F)c3)cc2c1CCC=O. The van der Waals surface area contributed by atoms with Gasteiger partial charge in [-0.2, -0.15) is 18.3 Å². The van der Waals surface area contributed by atoms with Crippen LogP contribution in [-0.4, -0.2) is 27.8 Å². The highest BCUT2D eigenvalue weighted by Crippen LogP contribution is 2.38. The standard InChI is InChI=1S/C26H16BrClF5N3O3/c1-36-20(3-2-6-37)17-11-19(34-25(39)12-7-13(26(31,32)33)9-15(30)8-12)21(22(27)23(17)35-36)24(38)16-10-14(29)4-5-18(16)28/h4-11H,2-3H2,1H3,(H,34,39). The maximum Gasteiger partial charge on any atom is 0.416 e. The van der Waals surface area contributed by atoms with Gasteiger partial charge in [-0.25, -0.2) is 8.78 Å². The molecule has 202 valence electrons. The van der Waals surface area contributed by atoms with Gasteiger partial charge in [-0.05, 0) is 64.8 Å². The molecule has 0 saturated heterocycles. The van der Waals surface area contributed by atoms with E-state index in [1.807, 2.05) is 0 Å².